The first-order chi connectivity index (χ1) is 50.0. The second kappa shape index (κ2) is 22.2. The Hall–Kier alpha value is -11.6. The van der Waals surface area contributed by atoms with Crippen LogP contribution in [0.25, 0.3) is 66.8 Å². The van der Waals surface area contributed by atoms with E-state index in [9.17, 15) is 0 Å². The molecule has 0 unspecified atom stereocenters. The van der Waals surface area contributed by atoms with Crippen LogP contribution in [-0.2, 0) is 21.7 Å². The predicted molar refractivity (Wildman–Crippen MR) is 432 cm³/mol. The average molecular weight is 1320 g/mol. The van der Waals surface area contributed by atoms with Crippen LogP contribution in [0.3, 0.4) is 0 Å². The number of nitrogens with zero attached hydrogens (tertiary/aromatic N) is 2. The van der Waals surface area contributed by atoms with Gasteiger partial charge in [0.15, 0.2) is 0 Å². The van der Waals surface area contributed by atoms with Gasteiger partial charge in [0, 0.05) is 45.6 Å². The van der Waals surface area contributed by atoms with Gasteiger partial charge in [-0.2, -0.15) is 0 Å². The average Bonchev–Trinajstić information content (AvgIpc) is 1.51. The predicted octanol–water partition coefficient (Wildman–Crippen LogP) is 21.4. The number of fused-ring (bicyclic) bond motifs is 18. The Balaban J connectivity index is 0.884. The van der Waals surface area contributed by atoms with Gasteiger partial charge in [-0.1, -0.05) is 293 Å². The molecule has 0 bridgehead atoms. The summed E-state index contributed by atoms with van der Waals surface area (Å²) < 4.78 is 15.4. The minimum atomic E-state index is -0.613. The summed E-state index contributed by atoms with van der Waals surface area (Å²) in [7, 11) is 0. The van der Waals surface area contributed by atoms with E-state index >= 15 is 0 Å². The van der Waals surface area contributed by atoms with E-state index in [-0.39, 0.29) is 29.7 Å². The Kier molecular flexibility index (Phi) is 13.2. The van der Waals surface area contributed by atoms with Gasteiger partial charge in [-0.05, 0) is 204 Å². The van der Waals surface area contributed by atoms with Crippen LogP contribution in [0.15, 0.2) is 297 Å². The molecule has 4 heterocycles. The van der Waals surface area contributed by atoms with Crippen molar-refractivity contribution in [1.82, 2.24) is 0 Å². The molecule has 6 heteroatoms. The lowest BCUT2D eigenvalue weighted by atomic mass is 9.31. The highest BCUT2D eigenvalue weighted by Crippen LogP contribution is 2.65. The molecular weight excluding hydrogens is 1250 g/mol. The first kappa shape index (κ1) is 61.3. The summed E-state index contributed by atoms with van der Waals surface area (Å²) in [5.74, 6) is 3.42. The molecule has 0 aromatic heterocycles. The van der Waals surface area contributed by atoms with Crippen molar-refractivity contribution in [3.05, 3.63) is 336 Å². The van der Waals surface area contributed by atoms with Gasteiger partial charge in [0.25, 0.3) is 13.4 Å². The van der Waals surface area contributed by atoms with Crippen molar-refractivity contribution in [2.24, 2.45) is 0 Å². The third kappa shape index (κ3) is 9.05. The van der Waals surface area contributed by atoms with Crippen molar-refractivity contribution in [1.29, 1.82) is 0 Å². The summed E-state index contributed by atoms with van der Waals surface area (Å²) in [5, 5.41) is 0. The summed E-state index contributed by atoms with van der Waals surface area (Å²) in [6, 6.07) is 113. The maximum Gasteiger partial charge on any atom is 0.256 e. The van der Waals surface area contributed by atoms with Gasteiger partial charge in [0.1, 0.15) is 23.0 Å². The van der Waals surface area contributed by atoms with Crippen molar-refractivity contribution in [2.75, 3.05) is 9.80 Å². The lowest BCUT2D eigenvalue weighted by Crippen LogP contribution is -2.63. The minimum absolute atomic E-state index is 0.0815. The number of ether oxygens (including phenoxy) is 2. The Bertz CT molecular complexity index is 5760. The maximum absolute atomic E-state index is 8.11. The molecule has 103 heavy (non-hydrogen) atoms. The van der Waals surface area contributed by atoms with E-state index in [0.29, 0.717) is 0 Å². The van der Waals surface area contributed by atoms with Crippen LogP contribution in [0.2, 0.25) is 0 Å². The molecule has 14 aromatic rings. The van der Waals surface area contributed by atoms with E-state index < -0.39 is 5.41 Å². The summed E-state index contributed by atoms with van der Waals surface area (Å²) >= 11 is 0. The number of hydrogen-bond acceptors (Lipinski definition) is 4. The second-order valence-corrected chi connectivity index (χ2v) is 32.3. The van der Waals surface area contributed by atoms with Gasteiger partial charge in [-0.15, -0.1) is 0 Å². The lowest BCUT2D eigenvalue weighted by molar-refractivity contribution is 0.487. The molecular formula is C97H76B2N2O2. The maximum atomic E-state index is 8.11. The molecule has 0 N–H and O–H groups in total. The number of benzene rings is 14. The van der Waals surface area contributed by atoms with Crippen LogP contribution in [0, 0.1) is 0 Å². The van der Waals surface area contributed by atoms with Crippen molar-refractivity contribution < 1.29 is 9.47 Å². The summed E-state index contributed by atoms with van der Waals surface area (Å²) in [6.45, 7) is 20.5. The highest BCUT2D eigenvalue weighted by molar-refractivity contribution is 7.02. The Morgan fingerprint density at radius 3 is 1.32 bits per heavy atom. The van der Waals surface area contributed by atoms with Gasteiger partial charge in [0.2, 0.25) is 0 Å². The fourth-order valence-corrected chi connectivity index (χ4v) is 18.3. The van der Waals surface area contributed by atoms with Gasteiger partial charge in [-0.3, -0.25) is 0 Å². The van der Waals surface area contributed by atoms with Gasteiger partial charge < -0.3 is 19.3 Å². The van der Waals surface area contributed by atoms with Crippen molar-refractivity contribution in [3.63, 3.8) is 0 Å². The smallest absolute Gasteiger partial charge is 0.256 e. The van der Waals surface area contributed by atoms with Crippen LogP contribution in [-0.4, -0.2) is 13.4 Å². The zero-order valence-electron chi connectivity index (χ0n) is 59.7. The Morgan fingerprint density at radius 1 is 0.272 bits per heavy atom. The third-order valence-corrected chi connectivity index (χ3v) is 23.2. The molecule has 20 rings (SSSR count). The molecule has 1 spiro atoms. The van der Waals surface area contributed by atoms with E-state index in [1.54, 1.807) is 0 Å². The van der Waals surface area contributed by atoms with Crippen LogP contribution in [0.1, 0.15) is 101 Å². The zero-order chi connectivity index (χ0) is 69.6. The Morgan fingerprint density at radius 2 is 0.718 bits per heavy atom. The van der Waals surface area contributed by atoms with E-state index in [1.807, 2.05) is 0 Å². The topological polar surface area (TPSA) is 24.9 Å². The number of anilines is 6. The standard InChI is InChI=1S/C97H76B2N2O2/c1-94(2,3)64-48-61(49-65(54-64)95(4,5)6)62-50-84-91-88(52-62)102-86-47-28-26-45-79(86)99(91)80-57-81-87(58-83(80)100(84)67-34-17-12-18-35-67)103-89-53-63(68-39-29-40-72-71-38-21-24-43-77(71)97(90(68)72)75-41-22-19-36-69(75)70-37-20-23-42-76(70)97)51-85-92(89)98(81)78-44-25-27-46-82(78)101(85)93-73(59-30-13-10-14-31-59)55-66(96(7,8)9)56-74(93)60-32-15-11-16-33-60/h10-58H,1-9H3. The molecule has 2 aliphatic carbocycles. The van der Waals surface area contributed by atoms with E-state index in [0.717, 1.165) is 112 Å². The van der Waals surface area contributed by atoms with Crippen LogP contribution in [0.5, 0.6) is 23.0 Å². The first-order valence-corrected chi connectivity index (χ1v) is 36.6. The molecule has 0 saturated heterocycles. The zero-order valence-corrected chi connectivity index (χ0v) is 59.7. The van der Waals surface area contributed by atoms with Gasteiger partial charge >= 0.3 is 0 Å². The normalized spacial score (nSPS) is 14.2. The van der Waals surface area contributed by atoms with Crippen molar-refractivity contribution >= 4 is 80.3 Å². The molecule has 6 aliphatic rings. The number of hydrogen-bond donors (Lipinski definition) is 0. The quantitative estimate of drug-likeness (QED) is 0.155. The summed E-state index contributed by atoms with van der Waals surface area (Å²) in [6.07, 6.45) is 0. The van der Waals surface area contributed by atoms with Gasteiger partial charge in [0.05, 0.1) is 11.1 Å². The van der Waals surface area contributed by atoms with E-state index in [4.69, 9.17) is 9.47 Å². The summed E-state index contributed by atoms with van der Waals surface area (Å²) in [5.41, 5.74) is 35.9. The molecule has 0 atom stereocenters. The molecule has 0 saturated carbocycles. The third-order valence-electron chi connectivity index (χ3n) is 23.2. The fraction of sp³-hybridized carbons (Fsp3) is 0.134. The minimum Gasteiger partial charge on any atom is -0.458 e. The van der Waals surface area contributed by atoms with E-state index in [1.165, 1.54) is 83.3 Å². The van der Waals surface area contributed by atoms with E-state index in [2.05, 4.69) is 369 Å². The molecule has 4 nitrogen and oxygen atoms in total. The number of rotatable bonds is 6. The van der Waals surface area contributed by atoms with Crippen LogP contribution in [0.4, 0.5) is 34.1 Å². The molecule has 14 aromatic carbocycles. The molecule has 492 valence electrons. The van der Waals surface area contributed by atoms with Crippen LogP contribution < -0.4 is 52.1 Å². The van der Waals surface area contributed by atoms with Crippen molar-refractivity contribution in [2.45, 2.75) is 84.0 Å². The number of para-hydroxylation sites is 3. The highest BCUT2D eigenvalue weighted by Gasteiger charge is 2.54. The Labute approximate surface area is 605 Å². The SMILES string of the molecule is CC(C)(C)c1cc(-c2cc3c4c(c2)N(c2ccccc2)c2cc5c(cc2B4c2ccccc2O3)B2c3ccccc3N(c3c(-c4ccccc4)cc(C(C)(C)C)cc3-c3ccccc3)c3cc(-c4cccc6c4C4(c7ccccc7-c7ccccc74)c4ccccc4-6)cc(c32)O5)cc(C(C)(C)C)c1. The van der Waals surface area contributed by atoms with Gasteiger partial charge in [-0.25, -0.2) is 0 Å². The lowest BCUT2D eigenvalue weighted by Gasteiger charge is -2.44. The molecule has 0 radical (unpaired) electrons. The fourth-order valence-electron chi connectivity index (χ4n) is 18.3. The molecule has 0 amide bonds. The molecule has 4 aliphatic heterocycles. The first-order valence-electron chi connectivity index (χ1n) is 36.6. The second-order valence-electron chi connectivity index (χ2n) is 32.3. The highest BCUT2D eigenvalue weighted by atomic mass is 16.5. The monoisotopic (exact) mass is 1320 g/mol. The summed E-state index contributed by atoms with van der Waals surface area (Å²) in [4.78, 5) is 5.14. The van der Waals surface area contributed by atoms with Crippen molar-refractivity contribution in [3.8, 4) is 89.8 Å². The largest absolute Gasteiger partial charge is 0.458 e. The molecule has 0 fully saturated rings. The van der Waals surface area contributed by atoms with Crippen LogP contribution >= 0.6 is 0 Å².